The second-order valence-electron chi connectivity index (χ2n) is 1.55. The number of urea groups is 1. The molecule has 0 rings (SSSR count). The van der Waals surface area contributed by atoms with Crippen LogP contribution in [0.5, 0.6) is 0 Å². The van der Waals surface area contributed by atoms with E-state index in [0.29, 0.717) is 0 Å². The standard InChI is InChI=1S/C5H10N2O3/c1-3-7(4(6)8)5(9)10-2/h3H2,1-2H3,(H2,6,8). The van der Waals surface area contributed by atoms with Crippen LogP contribution in [0.25, 0.3) is 0 Å². The molecule has 0 aromatic rings. The Labute approximate surface area is 58.7 Å². The van der Waals surface area contributed by atoms with E-state index in [0.717, 1.165) is 4.90 Å². The van der Waals surface area contributed by atoms with E-state index in [1.807, 2.05) is 0 Å². The van der Waals surface area contributed by atoms with E-state index in [1.54, 1.807) is 6.92 Å². The monoisotopic (exact) mass is 146 g/mol. The number of imide groups is 1. The minimum Gasteiger partial charge on any atom is -0.452 e. The Morgan fingerprint density at radius 2 is 2.10 bits per heavy atom. The van der Waals surface area contributed by atoms with Gasteiger partial charge >= 0.3 is 12.1 Å². The third-order valence-corrected chi connectivity index (χ3v) is 0.977. The summed E-state index contributed by atoms with van der Waals surface area (Å²) < 4.78 is 4.25. The summed E-state index contributed by atoms with van der Waals surface area (Å²) in [6.07, 6.45) is -0.727. The zero-order chi connectivity index (χ0) is 8.15. The molecule has 0 saturated heterocycles. The highest BCUT2D eigenvalue weighted by Crippen LogP contribution is 1.90. The predicted octanol–water partition coefficient (Wildman–Crippen LogP) is 0.153. The Kier molecular flexibility index (Phi) is 3.24. The lowest BCUT2D eigenvalue weighted by molar-refractivity contribution is 0.133. The number of primary amides is 1. The molecule has 5 heteroatoms. The third kappa shape index (κ3) is 1.93. The molecular weight excluding hydrogens is 136 g/mol. The number of hydrogen-bond donors (Lipinski definition) is 1. The van der Waals surface area contributed by atoms with Gasteiger partial charge in [0.05, 0.1) is 7.11 Å². The van der Waals surface area contributed by atoms with Gasteiger partial charge in [0.15, 0.2) is 0 Å². The van der Waals surface area contributed by atoms with E-state index in [-0.39, 0.29) is 6.54 Å². The molecule has 0 aliphatic rings. The van der Waals surface area contributed by atoms with Crippen LogP contribution in [-0.2, 0) is 4.74 Å². The Bertz CT molecular complexity index is 146. The van der Waals surface area contributed by atoms with E-state index in [9.17, 15) is 9.59 Å². The lowest BCUT2D eigenvalue weighted by Gasteiger charge is -2.13. The van der Waals surface area contributed by atoms with Crippen LogP contribution < -0.4 is 5.73 Å². The van der Waals surface area contributed by atoms with Crippen molar-refractivity contribution in [2.75, 3.05) is 13.7 Å². The molecule has 0 bridgehead atoms. The predicted molar refractivity (Wildman–Crippen MR) is 34.4 cm³/mol. The summed E-state index contributed by atoms with van der Waals surface area (Å²) in [5.41, 5.74) is 4.81. The molecule has 0 saturated carbocycles. The van der Waals surface area contributed by atoms with Crippen molar-refractivity contribution in [3.63, 3.8) is 0 Å². The maximum absolute atomic E-state index is 10.6. The highest BCUT2D eigenvalue weighted by Gasteiger charge is 2.15. The second-order valence-corrected chi connectivity index (χ2v) is 1.55. The van der Waals surface area contributed by atoms with Gasteiger partial charge in [-0.1, -0.05) is 0 Å². The number of nitrogens with two attached hydrogens (primary N) is 1. The van der Waals surface area contributed by atoms with E-state index in [2.05, 4.69) is 4.74 Å². The van der Waals surface area contributed by atoms with Crippen molar-refractivity contribution >= 4 is 12.1 Å². The van der Waals surface area contributed by atoms with Crippen molar-refractivity contribution in [3.05, 3.63) is 0 Å². The molecule has 2 N–H and O–H groups in total. The van der Waals surface area contributed by atoms with E-state index in [4.69, 9.17) is 5.73 Å². The Morgan fingerprint density at radius 1 is 1.60 bits per heavy atom. The van der Waals surface area contributed by atoms with Gasteiger partial charge in [0.25, 0.3) is 0 Å². The number of amides is 3. The minimum atomic E-state index is -0.797. The molecule has 0 aliphatic heterocycles. The molecule has 0 spiro atoms. The molecule has 0 aromatic heterocycles. The number of ether oxygens (including phenoxy) is 1. The van der Waals surface area contributed by atoms with Crippen LogP contribution in [0.3, 0.4) is 0 Å². The molecule has 58 valence electrons. The maximum atomic E-state index is 10.6. The molecule has 0 aromatic carbocycles. The smallest absolute Gasteiger partial charge is 0.417 e. The molecular formula is C5H10N2O3. The quantitative estimate of drug-likeness (QED) is 0.572. The molecule has 3 amide bonds. The van der Waals surface area contributed by atoms with Gasteiger partial charge in [-0.25, -0.2) is 14.5 Å². The van der Waals surface area contributed by atoms with Crippen LogP contribution >= 0.6 is 0 Å². The normalized spacial score (nSPS) is 8.60. The van der Waals surface area contributed by atoms with Crippen LogP contribution in [0.1, 0.15) is 6.92 Å². The number of carbonyl (C=O) groups is 2. The average molecular weight is 146 g/mol. The van der Waals surface area contributed by atoms with Crippen molar-refractivity contribution in [1.29, 1.82) is 0 Å². The zero-order valence-corrected chi connectivity index (χ0v) is 5.96. The van der Waals surface area contributed by atoms with Crippen LogP contribution in [0, 0.1) is 0 Å². The Morgan fingerprint density at radius 3 is 2.20 bits per heavy atom. The van der Waals surface area contributed by atoms with Crippen molar-refractivity contribution in [1.82, 2.24) is 4.90 Å². The van der Waals surface area contributed by atoms with Gasteiger partial charge in [-0.3, -0.25) is 0 Å². The van der Waals surface area contributed by atoms with Crippen LogP contribution in [0.15, 0.2) is 0 Å². The summed E-state index contributed by atoms with van der Waals surface area (Å²) >= 11 is 0. The van der Waals surface area contributed by atoms with Gasteiger partial charge in [-0.15, -0.1) is 0 Å². The summed E-state index contributed by atoms with van der Waals surface area (Å²) in [6.45, 7) is 1.85. The van der Waals surface area contributed by atoms with Crippen molar-refractivity contribution < 1.29 is 14.3 Å². The highest BCUT2D eigenvalue weighted by atomic mass is 16.5. The maximum Gasteiger partial charge on any atom is 0.417 e. The fourth-order valence-corrected chi connectivity index (χ4v) is 0.485. The summed E-state index contributed by atoms with van der Waals surface area (Å²) in [5.74, 6) is 0. The topological polar surface area (TPSA) is 72.6 Å². The van der Waals surface area contributed by atoms with E-state index < -0.39 is 12.1 Å². The number of carbonyl (C=O) groups excluding carboxylic acids is 2. The minimum absolute atomic E-state index is 0.224. The second kappa shape index (κ2) is 3.71. The number of rotatable bonds is 1. The molecule has 0 aliphatic carbocycles. The lowest BCUT2D eigenvalue weighted by atomic mass is 10.6. The first-order valence-corrected chi connectivity index (χ1v) is 2.78. The van der Waals surface area contributed by atoms with Gasteiger partial charge in [0, 0.05) is 6.54 Å². The van der Waals surface area contributed by atoms with Crippen LogP contribution in [-0.4, -0.2) is 30.7 Å². The first-order valence-electron chi connectivity index (χ1n) is 2.78. The van der Waals surface area contributed by atoms with Gasteiger partial charge < -0.3 is 10.5 Å². The summed E-state index contributed by atoms with van der Waals surface area (Å²) in [7, 11) is 1.19. The fraction of sp³-hybridized carbons (Fsp3) is 0.600. The largest absolute Gasteiger partial charge is 0.452 e. The van der Waals surface area contributed by atoms with Crippen molar-refractivity contribution in [3.8, 4) is 0 Å². The molecule has 0 heterocycles. The SMILES string of the molecule is CCN(C(N)=O)C(=O)OC. The fourth-order valence-electron chi connectivity index (χ4n) is 0.485. The summed E-state index contributed by atoms with van der Waals surface area (Å²) in [4.78, 5) is 21.8. The molecule has 10 heavy (non-hydrogen) atoms. The average Bonchev–Trinajstić information content (AvgIpc) is 1.88. The number of methoxy groups -OCH3 is 1. The first-order chi connectivity index (χ1) is 4.63. The third-order valence-electron chi connectivity index (χ3n) is 0.977. The van der Waals surface area contributed by atoms with Gasteiger partial charge in [0.1, 0.15) is 0 Å². The number of nitrogens with zero attached hydrogens (tertiary/aromatic N) is 1. The molecule has 0 unspecified atom stereocenters. The first kappa shape index (κ1) is 8.74. The summed E-state index contributed by atoms with van der Waals surface area (Å²) in [5, 5.41) is 0. The number of hydrogen-bond acceptors (Lipinski definition) is 3. The Hall–Kier alpha value is -1.26. The molecule has 5 nitrogen and oxygen atoms in total. The Balaban J connectivity index is 4.06. The highest BCUT2D eigenvalue weighted by molar-refractivity contribution is 5.89. The van der Waals surface area contributed by atoms with Crippen molar-refractivity contribution in [2.45, 2.75) is 6.92 Å². The van der Waals surface area contributed by atoms with Crippen LogP contribution in [0.4, 0.5) is 9.59 Å². The van der Waals surface area contributed by atoms with E-state index in [1.165, 1.54) is 7.11 Å². The van der Waals surface area contributed by atoms with Crippen LogP contribution in [0.2, 0.25) is 0 Å². The summed E-state index contributed by atoms with van der Waals surface area (Å²) in [6, 6.07) is -0.797. The zero-order valence-electron chi connectivity index (χ0n) is 5.96. The molecule has 0 fully saturated rings. The van der Waals surface area contributed by atoms with Crippen molar-refractivity contribution in [2.24, 2.45) is 5.73 Å². The van der Waals surface area contributed by atoms with Gasteiger partial charge in [0.2, 0.25) is 0 Å². The van der Waals surface area contributed by atoms with Gasteiger partial charge in [-0.2, -0.15) is 0 Å². The molecule has 0 atom stereocenters. The lowest BCUT2D eigenvalue weighted by Crippen LogP contribution is -2.40. The molecule has 0 radical (unpaired) electrons. The van der Waals surface area contributed by atoms with E-state index >= 15 is 0 Å². The van der Waals surface area contributed by atoms with Gasteiger partial charge in [-0.05, 0) is 6.92 Å².